The van der Waals surface area contributed by atoms with Crippen molar-refractivity contribution >= 4 is 28.8 Å². The van der Waals surface area contributed by atoms with Crippen molar-refractivity contribution in [1.29, 1.82) is 0 Å². The van der Waals surface area contributed by atoms with E-state index in [1.807, 2.05) is 23.1 Å². The smallest absolute Gasteiger partial charge is 0.285 e. The van der Waals surface area contributed by atoms with E-state index in [0.29, 0.717) is 9.47 Å². The summed E-state index contributed by atoms with van der Waals surface area (Å²) >= 11 is 6.87. The molecule has 1 aliphatic heterocycles. The van der Waals surface area contributed by atoms with Gasteiger partial charge in [0.25, 0.3) is 5.91 Å². The van der Waals surface area contributed by atoms with Crippen molar-refractivity contribution in [3.63, 3.8) is 0 Å². The number of hydrogen-bond donors (Lipinski definition) is 0. The van der Waals surface area contributed by atoms with Gasteiger partial charge in [0.1, 0.15) is 0 Å². The molecule has 19 heavy (non-hydrogen) atoms. The quantitative estimate of drug-likeness (QED) is 0.854. The van der Waals surface area contributed by atoms with Crippen molar-refractivity contribution in [2.45, 2.75) is 18.9 Å². The van der Waals surface area contributed by atoms with E-state index in [-0.39, 0.29) is 11.9 Å². The zero-order chi connectivity index (χ0) is 13.2. The molecule has 0 saturated carbocycles. The second-order valence-electron chi connectivity index (χ2n) is 4.43. The lowest BCUT2D eigenvalue weighted by Gasteiger charge is -2.23. The summed E-state index contributed by atoms with van der Waals surface area (Å²) in [5.41, 5.74) is 1.17. The summed E-state index contributed by atoms with van der Waals surface area (Å²) in [5.74, 6) is -0.0734. The molecule has 98 valence electrons. The highest BCUT2D eigenvalue weighted by Crippen LogP contribution is 2.33. The molecule has 1 aromatic carbocycles. The Bertz CT molecular complexity index is 587. The molecule has 0 radical (unpaired) electrons. The minimum atomic E-state index is -0.0734. The predicted molar refractivity (Wildman–Crippen MR) is 74.4 cm³/mol. The second-order valence-corrected chi connectivity index (χ2v) is 5.99. The van der Waals surface area contributed by atoms with Crippen LogP contribution in [-0.4, -0.2) is 27.5 Å². The lowest BCUT2D eigenvalue weighted by molar-refractivity contribution is 0.0734. The van der Waals surface area contributed by atoms with Crippen LogP contribution in [0.15, 0.2) is 30.3 Å². The van der Waals surface area contributed by atoms with Crippen molar-refractivity contribution in [1.82, 2.24) is 15.1 Å². The number of carbonyl (C=O) groups is 1. The molecular weight excluding hydrogens is 282 g/mol. The number of aromatic nitrogens is 2. The van der Waals surface area contributed by atoms with Crippen molar-refractivity contribution in [3.8, 4) is 0 Å². The molecule has 1 unspecified atom stereocenters. The Morgan fingerprint density at radius 2 is 2.11 bits per heavy atom. The summed E-state index contributed by atoms with van der Waals surface area (Å²) in [4.78, 5) is 14.3. The third-order valence-corrected chi connectivity index (χ3v) is 4.29. The minimum absolute atomic E-state index is 0.0734. The maximum absolute atomic E-state index is 12.4. The van der Waals surface area contributed by atoms with Gasteiger partial charge in [-0.3, -0.25) is 4.79 Å². The number of likely N-dealkylation sites (tertiary alicyclic amines) is 1. The van der Waals surface area contributed by atoms with E-state index in [1.54, 1.807) is 0 Å². The van der Waals surface area contributed by atoms with Crippen LogP contribution < -0.4 is 0 Å². The fourth-order valence-electron chi connectivity index (χ4n) is 2.45. The zero-order valence-corrected chi connectivity index (χ0v) is 11.7. The third-order valence-electron chi connectivity index (χ3n) is 3.28. The topological polar surface area (TPSA) is 46.1 Å². The fraction of sp³-hybridized carbons (Fsp3) is 0.308. The van der Waals surface area contributed by atoms with Gasteiger partial charge in [-0.1, -0.05) is 41.7 Å². The van der Waals surface area contributed by atoms with Crippen molar-refractivity contribution in [2.24, 2.45) is 0 Å². The Kier molecular flexibility index (Phi) is 3.48. The molecule has 1 aliphatic rings. The Labute approximate surface area is 120 Å². The molecule has 6 heteroatoms. The van der Waals surface area contributed by atoms with E-state index in [0.717, 1.165) is 30.7 Å². The lowest BCUT2D eigenvalue weighted by Crippen LogP contribution is -2.30. The van der Waals surface area contributed by atoms with Crippen LogP contribution in [0, 0.1) is 0 Å². The van der Waals surface area contributed by atoms with Gasteiger partial charge in [0, 0.05) is 6.54 Å². The van der Waals surface area contributed by atoms with Crippen LogP contribution in [0.4, 0.5) is 0 Å². The summed E-state index contributed by atoms with van der Waals surface area (Å²) in [5, 5.41) is 7.90. The Morgan fingerprint density at radius 3 is 2.79 bits per heavy atom. The largest absolute Gasteiger partial charge is 0.329 e. The van der Waals surface area contributed by atoms with Gasteiger partial charge in [-0.2, -0.15) is 0 Å². The zero-order valence-electron chi connectivity index (χ0n) is 10.1. The molecule has 4 nitrogen and oxygen atoms in total. The highest BCUT2D eigenvalue weighted by molar-refractivity contribution is 7.17. The summed E-state index contributed by atoms with van der Waals surface area (Å²) < 4.78 is 0.304. The maximum Gasteiger partial charge on any atom is 0.285 e. The van der Waals surface area contributed by atoms with E-state index in [1.165, 1.54) is 5.56 Å². The monoisotopic (exact) mass is 293 g/mol. The van der Waals surface area contributed by atoms with Crippen LogP contribution in [0.2, 0.25) is 4.47 Å². The molecule has 1 atom stereocenters. The Morgan fingerprint density at radius 1 is 1.32 bits per heavy atom. The summed E-state index contributed by atoms with van der Waals surface area (Å²) in [6.07, 6.45) is 2.00. The second kappa shape index (κ2) is 5.27. The molecule has 0 aliphatic carbocycles. The molecule has 0 N–H and O–H groups in total. The molecule has 1 aromatic heterocycles. The summed E-state index contributed by atoms with van der Waals surface area (Å²) in [6, 6.07) is 10.2. The molecule has 0 spiro atoms. The molecule has 1 fully saturated rings. The molecule has 3 rings (SSSR count). The first-order valence-corrected chi connectivity index (χ1v) is 7.30. The Hall–Kier alpha value is -1.46. The van der Waals surface area contributed by atoms with Crippen LogP contribution in [0.1, 0.15) is 34.2 Å². The molecule has 1 amide bonds. The Balaban J connectivity index is 1.86. The van der Waals surface area contributed by atoms with Crippen molar-refractivity contribution < 1.29 is 4.79 Å². The number of amides is 1. The first-order chi connectivity index (χ1) is 9.25. The van der Waals surface area contributed by atoms with Gasteiger partial charge >= 0.3 is 0 Å². The number of carbonyl (C=O) groups excluding carboxylic acids is 1. The van der Waals surface area contributed by atoms with E-state index in [4.69, 9.17) is 11.6 Å². The molecular formula is C13H12ClN3OS. The number of benzene rings is 1. The SMILES string of the molecule is O=C(c1nnc(Cl)s1)N1CCCC1c1ccccc1. The third kappa shape index (κ3) is 2.48. The van der Waals surface area contributed by atoms with Crippen LogP contribution in [0.5, 0.6) is 0 Å². The van der Waals surface area contributed by atoms with Crippen molar-refractivity contribution in [2.75, 3.05) is 6.54 Å². The number of rotatable bonds is 2. The van der Waals surface area contributed by atoms with Crippen LogP contribution in [0.25, 0.3) is 0 Å². The van der Waals surface area contributed by atoms with Crippen LogP contribution in [0.3, 0.4) is 0 Å². The van der Waals surface area contributed by atoms with Gasteiger partial charge in [0.15, 0.2) is 0 Å². The van der Waals surface area contributed by atoms with Crippen LogP contribution in [-0.2, 0) is 0 Å². The number of halogens is 1. The van der Waals surface area contributed by atoms with Crippen LogP contribution >= 0.6 is 22.9 Å². The molecule has 0 bridgehead atoms. The summed E-state index contributed by atoms with van der Waals surface area (Å²) in [7, 11) is 0. The fourth-order valence-corrected chi connectivity index (χ4v) is 3.23. The van der Waals surface area contributed by atoms with Gasteiger partial charge in [-0.05, 0) is 30.0 Å². The first kappa shape index (κ1) is 12.6. The van der Waals surface area contributed by atoms with Gasteiger partial charge in [0.05, 0.1) is 6.04 Å². The average Bonchev–Trinajstić information content (AvgIpc) is 3.07. The number of nitrogens with zero attached hydrogens (tertiary/aromatic N) is 3. The number of hydrogen-bond acceptors (Lipinski definition) is 4. The van der Waals surface area contributed by atoms with Crippen molar-refractivity contribution in [3.05, 3.63) is 45.4 Å². The average molecular weight is 294 g/mol. The van der Waals surface area contributed by atoms with E-state index >= 15 is 0 Å². The van der Waals surface area contributed by atoms with Gasteiger partial charge in [-0.25, -0.2) is 0 Å². The predicted octanol–water partition coefficient (Wildman–Crippen LogP) is 3.17. The van der Waals surface area contributed by atoms with E-state index in [2.05, 4.69) is 22.3 Å². The minimum Gasteiger partial charge on any atom is -0.329 e. The molecule has 1 saturated heterocycles. The maximum atomic E-state index is 12.4. The first-order valence-electron chi connectivity index (χ1n) is 6.10. The summed E-state index contributed by atoms with van der Waals surface area (Å²) in [6.45, 7) is 0.760. The lowest BCUT2D eigenvalue weighted by atomic mass is 10.0. The normalized spacial score (nSPS) is 18.8. The molecule has 2 aromatic rings. The van der Waals surface area contributed by atoms with E-state index < -0.39 is 0 Å². The van der Waals surface area contributed by atoms with Gasteiger partial charge < -0.3 is 4.90 Å². The molecule has 2 heterocycles. The van der Waals surface area contributed by atoms with E-state index in [9.17, 15) is 4.79 Å². The highest BCUT2D eigenvalue weighted by Gasteiger charge is 2.32. The van der Waals surface area contributed by atoms with Gasteiger partial charge in [0.2, 0.25) is 9.47 Å². The standard InChI is InChI=1S/C13H12ClN3OS/c14-13-16-15-11(19-13)12(18)17-8-4-7-10(17)9-5-2-1-3-6-9/h1-3,5-6,10H,4,7-8H2. The highest BCUT2D eigenvalue weighted by atomic mass is 35.5. The van der Waals surface area contributed by atoms with Gasteiger partial charge in [-0.15, -0.1) is 10.2 Å².